The Labute approximate surface area is 133 Å². The van der Waals surface area contributed by atoms with Crippen LogP contribution in [0.1, 0.15) is 16.8 Å². The molecule has 0 unspecified atom stereocenters. The van der Waals surface area contributed by atoms with Crippen molar-refractivity contribution < 1.29 is 14.6 Å². The third kappa shape index (κ3) is 3.31. The maximum Gasteiger partial charge on any atom is 0.407 e. The number of carboxylic acid groups (broad SMARTS) is 1. The van der Waals surface area contributed by atoms with Crippen LogP contribution >= 0.6 is 11.6 Å². The van der Waals surface area contributed by atoms with Gasteiger partial charge in [0.1, 0.15) is 12.4 Å². The standard InChI is InChI=1S/C16H15ClN2O3/c17-13-2-3-14(18-8-13)10-22-15-4-1-11-5-6-19(16(20)21)9-12(11)7-15/h1-4,7-8H,5-6,9-10H2,(H,20,21). The molecule has 1 amide bonds. The molecule has 1 aromatic carbocycles. The summed E-state index contributed by atoms with van der Waals surface area (Å²) in [6.45, 7) is 1.29. The molecule has 0 saturated heterocycles. The summed E-state index contributed by atoms with van der Waals surface area (Å²) in [5.74, 6) is 0.711. The molecular formula is C16H15ClN2O3. The molecule has 5 nitrogen and oxygen atoms in total. The van der Waals surface area contributed by atoms with E-state index in [1.807, 2.05) is 24.3 Å². The molecule has 0 fully saturated rings. The SMILES string of the molecule is O=C(O)N1CCc2ccc(OCc3ccc(Cl)cn3)cc2C1. The van der Waals surface area contributed by atoms with Gasteiger partial charge in [-0.2, -0.15) is 0 Å². The number of hydrogen-bond donors (Lipinski definition) is 1. The summed E-state index contributed by atoms with van der Waals surface area (Å²) in [5.41, 5.74) is 2.96. The van der Waals surface area contributed by atoms with Gasteiger partial charge in [-0.3, -0.25) is 4.98 Å². The molecule has 0 radical (unpaired) electrons. The van der Waals surface area contributed by atoms with Gasteiger partial charge in [-0.05, 0) is 41.8 Å². The van der Waals surface area contributed by atoms with Gasteiger partial charge in [0.15, 0.2) is 0 Å². The van der Waals surface area contributed by atoms with E-state index in [4.69, 9.17) is 21.4 Å². The van der Waals surface area contributed by atoms with Crippen LogP contribution in [0.4, 0.5) is 4.79 Å². The topological polar surface area (TPSA) is 62.7 Å². The highest BCUT2D eigenvalue weighted by molar-refractivity contribution is 6.30. The first-order chi connectivity index (χ1) is 10.6. The second-order valence-corrected chi connectivity index (χ2v) is 5.58. The van der Waals surface area contributed by atoms with Crippen molar-refractivity contribution in [1.29, 1.82) is 0 Å². The van der Waals surface area contributed by atoms with Crippen LogP contribution in [0, 0.1) is 0 Å². The molecule has 1 N–H and O–H groups in total. The summed E-state index contributed by atoms with van der Waals surface area (Å²) in [6, 6.07) is 9.39. The van der Waals surface area contributed by atoms with Crippen LogP contribution in [0.25, 0.3) is 0 Å². The predicted octanol–water partition coefficient (Wildman–Crippen LogP) is 3.35. The van der Waals surface area contributed by atoms with Gasteiger partial charge >= 0.3 is 6.09 Å². The van der Waals surface area contributed by atoms with Crippen LogP contribution in [-0.4, -0.2) is 27.6 Å². The highest BCUT2D eigenvalue weighted by atomic mass is 35.5. The van der Waals surface area contributed by atoms with Crippen molar-refractivity contribution in [3.05, 3.63) is 58.4 Å². The molecule has 0 atom stereocenters. The lowest BCUT2D eigenvalue weighted by Crippen LogP contribution is -2.34. The molecule has 0 aliphatic carbocycles. The van der Waals surface area contributed by atoms with Crippen molar-refractivity contribution in [3.63, 3.8) is 0 Å². The molecule has 2 aromatic rings. The van der Waals surface area contributed by atoms with Crippen LogP contribution in [0.5, 0.6) is 5.75 Å². The van der Waals surface area contributed by atoms with E-state index in [9.17, 15) is 4.79 Å². The minimum absolute atomic E-state index is 0.346. The van der Waals surface area contributed by atoms with E-state index >= 15 is 0 Å². The Balaban J connectivity index is 1.69. The number of halogens is 1. The number of fused-ring (bicyclic) bond motifs is 1. The lowest BCUT2D eigenvalue weighted by atomic mass is 10.00. The molecule has 22 heavy (non-hydrogen) atoms. The first kappa shape index (κ1) is 14.7. The van der Waals surface area contributed by atoms with Crippen LogP contribution in [0.2, 0.25) is 5.02 Å². The average Bonchev–Trinajstić information content (AvgIpc) is 2.53. The second kappa shape index (κ2) is 6.23. The number of nitrogens with zero attached hydrogens (tertiary/aromatic N) is 2. The number of benzene rings is 1. The van der Waals surface area contributed by atoms with Gasteiger partial charge in [0, 0.05) is 19.3 Å². The summed E-state index contributed by atoms with van der Waals surface area (Å²) in [5, 5.41) is 9.67. The molecule has 6 heteroatoms. The van der Waals surface area contributed by atoms with E-state index in [2.05, 4.69) is 4.98 Å². The Hall–Kier alpha value is -2.27. The zero-order valence-electron chi connectivity index (χ0n) is 11.8. The van der Waals surface area contributed by atoms with E-state index in [0.717, 1.165) is 17.7 Å². The Bertz CT molecular complexity index is 688. The van der Waals surface area contributed by atoms with Crippen molar-refractivity contribution in [1.82, 2.24) is 9.88 Å². The van der Waals surface area contributed by atoms with Crippen molar-refractivity contribution in [2.24, 2.45) is 0 Å². The van der Waals surface area contributed by atoms with Crippen LogP contribution in [-0.2, 0) is 19.6 Å². The Morgan fingerprint density at radius 2 is 2.18 bits per heavy atom. The smallest absolute Gasteiger partial charge is 0.407 e. The van der Waals surface area contributed by atoms with Crippen molar-refractivity contribution in [3.8, 4) is 5.75 Å². The van der Waals surface area contributed by atoms with Crippen LogP contribution in [0.3, 0.4) is 0 Å². The van der Waals surface area contributed by atoms with E-state index in [1.165, 1.54) is 10.5 Å². The Morgan fingerprint density at radius 1 is 1.32 bits per heavy atom. The lowest BCUT2D eigenvalue weighted by molar-refractivity contribution is 0.140. The van der Waals surface area contributed by atoms with Gasteiger partial charge in [0.05, 0.1) is 10.7 Å². The fraction of sp³-hybridized carbons (Fsp3) is 0.250. The minimum Gasteiger partial charge on any atom is -0.487 e. The summed E-state index contributed by atoms with van der Waals surface area (Å²) in [7, 11) is 0. The van der Waals surface area contributed by atoms with Crippen molar-refractivity contribution in [2.45, 2.75) is 19.6 Å². The van der Waals surface area contributed by atoms with Gasteiger partial charge in [-0.25, -0.2) is 4.79 Å². The largest absolute Gasteiger partial charge is 0.487 e. The summed E-state index contributed by atoms with van der Waals surface area (Å²) in [4.78, 5) is 16.6. The second-order valence-electron chi connectivity index (χ2n) is 5.14. The molecule has 3 rings (SSSR count). The number of pyridine rings is 1. The number of ether oxygens (including phenoxy) is 1. The fourth-order valence-electron chi connectivity index (χ4n) is 2.44. The van der Waals surface area contributed by atoms with Gasteiger partial charge in [-0.15, -0.1) is 0 Å². The number of carbonyl (C=O) groups is 1. The quantitative estimate of drug-likeness (QED) is 0.942. The zero-order valence-corrected chi connectivity index (χ0v) is 12.6. The third-order valence-corrected chi connectivity index (χ3v) is 3.86. The molecule has 2 heterocycles. The first-order valence-corrected chi connectivity index (χ1v) is 7.32. The maximum absolute atomic E-state index is 11.1. The third-order valence-electron chi connectivity index (χ3n) is 3.64. The molecule has 0 spiro atoms. The van der Waals surface area contributed by atoms with Crippen molar-refractivity contribution >= 4 is 17.7 Å². The van der Waals surface area contributed by atoms with E-state index in [1.54, 1.807) is 12.3 Å². The van der Waals surface area contributed by atoms with Gasteiger partial charge in [0.25, 0.3) is 0 Å². The number of aromatic nitrogens is 1. The molecule has 0 bridgehead atoms. The minimum atomic E-state index is -0.887. The maximum atomic E-state index is 11.1. The normalized spacial score (nSPS) is 13.6. The van der Waals surface area contributed by atoms with Crippen molar-refractivity contribution in [2.75, 3.05) is 6.54 Å². The predicted molar refractivity (Wildman–Crippen MR) is 82.2 cm³/mol. The summed E-state index contributed by atoms with van der Waals surface area (Å²) in [6.07, 6.45) is 1.43. The molecule has 0 saturated carbocycles. The summed E-state index contributed by atoms with van der Waals surface area (Å²) < 4.78 is 5.72. The molecule has 114 valence electrons. The average molecular weight is 319 g/mol. The van der Waals surface area contributed by atoms with Crippen LogP contribution < -0.4 is 4.74 Å². The van der Waals surface area contributed by atoms with Gasteiger partial charge < -0.3 is 14.7 Å². The Kier molecular flexibility index (Phi) is 4.15. The first-order valence-electron chi connectivity index (χ1n) is 6.95. The van der Waals surface area contributed by atoms with E-state index in [0.29, 0.717) is 30.5 Å². The molecule has 1 aliphatic heterocycles. The number of hydrogen-bond acceptors (Lipinski definition) is 3. The van der Waals surface area contributed by atoms with Gasteiger partial charge in [-0.1, -0.05) is 17.7 Å². The number of amides is 1. The van der Waals surface area contributed by atoms with Gasteiger partial charge in [0.2, 0.25) is 0 Å². The highest BCUT2D eigenvalue weighted by Crippen LogP contribution is 2.24. The summed E-state index contributed by atoms with van der Waals surface area (Å²) >= 11 is 5.79. The monoisotopic (exact) mass is 318 g/mol. The lowest BCUT2D eigenvalue weighted by Gasteiger charge is -2.26. The Morgan fingerprint density at radius 3 is 2.91 bits per heavy atom. The fourth-order valence-corrected chi connectivity index (χ4v) is 2.55. The van der Waals surface area contributed by atoms with E-state index in [-0.39, 0.29) is 0 Å². The molecule has 1 aromatic heterocycles. The van der Waals surface area contributed by atoms with Crippen LogP contribution in [0.15, 0.2) is 36.5 Å². The number of rotatable bonds is 3. The molecular weight excluding hydrogens is 304 g/mol. The highest BCUT2D eigenvalue weighted by Gasteiger charge is 2.20. The van der Waals surface area contributed by atoms with E-state index < -0.39 is 6.09 Å². The zero-order chi connectivity index (χ0) is 15.5. The molecule has 1 aliphatic rings.